The fraction of sp³-hybridized carbons (Fsp3) is 0.263. The zero-order chi connectivity index (χ0) is 18.1. The van der Waals surface area contributed by atoms with Crippen LogP contribution < -0.4 is 15.0 Å². The molecule has 1 atom stereocenters. The summed E-state index contributed by atoms with van der Waals surface area (Å²) in [4.78, 5) is 28.9. The fourth-order valence-electron chi connectivity index (χ4n) is 3.24. The fourth-order valence-corrected chi connectivity index (χ4v) is 3.42. The van der Waals surface area contributed by atoms with Crippen molar-refractivity contribution in [1.82, 2.24) is 4.90 Å². The maximum atomic E-state index is 12.8. The summed E-state index contributed by atoms with van der Waals surface area (Å²) in [5.74, 6) is -0.211. The second-order valence-corrected chi connectivity index (χ2v) is 6.71. The quantitative estimate of drug-likeness (QED) is 0.823. The average molecular weight is 372 g/mol. The van der Waals surface area contributed by atoms with Crippen LogP contribution in [0.1, 0.15) is 0 Å². The molecule has 0 radical (unpaired) electrons. The second-order valence-electron chi connectivity index (χ2n) is 6.28. The maximum Gasteiger partial charge on any atom is 0.275 e. The standard InChI is InChI=1S/C19H18ClN3O3/c20-13-4-3-5-14(12-13)22-8-10-23(11-9-22)19(25)17-18(24)21-15-6-1-2-7-16(15)26-17/h1-7,12,17H,8-11H2,(H,21,24). The minimum Gasteiger partial charge on any atom is -0.468 e. The summed E-state index contributed by atoms with van der Waals surface area (Å²) in [5, 5.41) is 3.42. The molecule has 0 aromatic heterocycles. The van der Waals surface area contributed by atoms with E-state index in [2.05, 4.69) is 10.2 Å². The molecule has 0 bridgehead atoms. The van der Waals surface area contributed by atoms with Crippen molar-refractivity contribution in [3.63, 3.8) is 0 Å². The zero-order valence-corrected chi connectivity index (χ0v) is 14.8. The van der Waals surface area contributed by atoms with Gasteiger partial charge in [0.2, 0.25) is 0 Å². The van der Waals surface area contributed by atoms with Gasteiger partial charge in [-0.3, -0.25) is 9.59 Å². The Labute approximate surface area is 156 Å². The van der Waals surface area contributed by atoms with Gasteiger partial charge in [-0.25, -0.2) is 0 Å². The van der Waals surface area contributed by atoms with Crippen molar-refractivity contribution in [3.8, 4) is 5.75 Å². The van der Waals surface area contributed by atoms with Crippen LogP contribution in [-0.2, 0) is 9.59 Å². The van der Waals surface area contributed by atoms with E-state index < -0.39 is 12.0 Å². The molecule has 0 saturated carbocycles. The molecular weight excluding hydrogens is 354 g/mol. The van der Waals surface area contributed by atoms with Gasteiger partial charge in [0.25, 0.3) is 17.9 Å². The summed E-state index contributed by atoms with van der Waals surface area (Å²) in [7, 11) is 0. The number of carbonyl (C=O) groups is 2. The lowest BCUT2D eigenvalue weighted by Crippen LogP contribution is -2.55. The molecule has 6 nitrogen and oxygen atoms in total. The van der Waals surface area contributed by atoms with E-state index in [0.29, 0.717) is 42.6 Å². The van der Waals surface area contributed by atoms with Crippen LogP contribution in [0.3, 0.4) is 0 Å². The minimum absolute atomic E-state index is 0.303. The van der Waals surface area contributed by atoms with E-state index >= 15 is 0 Å². The zero-order valence-electron chi connectivity index (χ0n) is 14.0. The predicted molar refractivity (Wildman–Crippen MR) is 99.7 cm³/mol. The SMILES string of the molecule is O=C1Nc2ccccc2OC1C(=O)N1CCN(c2cccc(Cl)c2)CC1. The molecule has 2 aromatic carbocycles. The molecule has 1 saturated heterocycles. The Bertz CT molecular complexity index is 849. The number of nitrogens with zero attached hydrogens (tertiary/aromatic N) is 2. The van der Waals surface area contributed by atoms with Crippen LogP contribution in [-0.4, -0.2) is 49.0 Å². The lowest BCUT2D eigenvalue weighted by molar-refractivity contribution is -0.145. The van der Waals surface area contributed by atoms with Crippen molar-refractivity contribution < 1.29 is 14.3 Å². The van der Waals surface area contributed by atoms with Gasteiger partial charge in [-0.05, 0) is 30.3 Å². The summed E-state index contributed by atoms with van der Waals surface area (Å²) >= 11 is 6.05. The topological polar surface area (TPSA) is 61.9 Å². The number of fused-ring (bicyclic) bond motifs is 1. The monoisotopic (exact) mass is 371 g/mol. The van der Waals surface area contributed by atoms with Crippen molar-refractivity contribution in [2.45, 2.75) is 6.10 Å². The van der Waals surface area contributed by atoms with Gasteiger partial charge in [0.15, 0.2) is 0 Å². The van der Waals surface area contributed by atoms with Crippen LogP contribution in [0.4, 0.5) is 11.4 Å². The van der Waals surface area contributed by atoms with Crippen LogP contribution in [0, 0.1) is 0 Å². The van der Waals surface area contributed by atoms with Crippen molar-refractivity contribution >= 4 is 34.8 Å². The number of amides is 2. The third kappa shape index (κ3) is 3.20. The first-order chi connectivity index (χ1) is 12.6. The van der Waals surface area contributed by atoms with E-state index in [0.717, 1.165) is 5.69 Å². The van der Waals surface area contributed by atoms with E-state index in [1.807, 2.05) is 30.3 Å². The molecule has 2 heterocycles. The van der Waals surface area contributed by atoms with E-state index in [9.17, 15) is 9.59 Å². The molecule has 1 N–H and O–H groups in total. The molecule has 134 valence electrons. The van der Waals surface area contributed by atoms with Crippen molar-refractivity contribution in [3.05, 3.63) is 53.6 Å². The Morgan fingerprint density at radius 3 is 2.62 bits per heavy atom. The molecule has 0 aliphatic carbocycles. The summed E-state index contributed by atoms with van der Waals surface area (Å²) < 4.78 is 5.65. The molecule has 2 amide bonds. The number of piperazine rings is 1. The van der Waals surface area contributed by atoms with Gasteiger partial charge in [-0.1, -0.05) is 29.8 Å². The number of hydrogen-bond acceptors (Lipinski definition) is 4. The normalized spacial score (nSPS) is 19.4. The molecule has 1 fully saturated rings. The maximum absolute atomic E-state index is 12.8. The van der Waals surface area contributed by atoms with E-state index in [4.69, 9.17) is 16.3 Å². The third-order valence-electron chi connectivity index (χ3n) is 4.62. The lowest BCUT2D eigenvalue weighted by atomic mass is 10.1. The van der Waals surface area contributed by atoms with Gasteiger partial charge in [-0.2, -0.15) is 0 Å². The van der Waals surface area contributed by atoms with Gasteiger partial charge < -0.3 is 19.9 Å². The number of benzene rings is 2. The highest BCUT2D eigenvalue weighted by Gasteiger charge is 2.37. The first kappa shape index (κ1) is 16.7. The number of nitrogens with one attached hydrogen (secondary N) is 1. The second kappa shape index (κ2) is 6.88. The van der Waals surface area contributed by atoms with E-state index in [1.165, 1.54) is 0 Å². The van der Waals surface area contributed by atoms with Crippen LogP contribution >= 0.6 is 11.6 Å². The Balaban J connectivity index is 1.42. The summed E-state index contributed by atoms with van der Waals surface area (Å²) in [6.07, 6.45) is -1.14. The molecule has 2 aliphatic heterocycles. The van der Waals surface area contributed by atoms with Gasteiger partial charge >= 0.3 is 0 Å². The molecule has 26 heavy (non-hydrogen) atoms. The van der Waals surface area contributed by atoms with Gasteiger partial charge in [0, 0.05) is 36.9 Å². The molecule has 4 rings (SSSR count). The summed E-state index contributed by atoms with van der Waals surface area (Å²) in [6.45, 7) is 2.41. The molecule has 2 aliphatic rings. The van der Waals surface area contributed by atoms with Crippen LogP contribution in [0.15, 0.2) is 48.5 Å². The summed E-state index contributed by atoms with van der Waals surface area (Å²) in [5.41, 5.74) is 1.62. The van der Waals surface area contributed by atoms with E-state index in [1.54, 1.807) is 23.1 Å². The predicted octanol–water partition coefficient (Wildman–Crippen LogP) is 2.39. The average Bonchev–Trinajstić information content (AvgIpc) is 2.67. The highest BCUT2D eigenvalue weighted by molar-refractivity contribution is 6.30. The highest BCUT2D eigenvalue weighted by Crippen LogP contribution is 2.29. The van der Waals surface area contributed by atoms with Crippen LogP contribution in [0.5, 0.6) is 5.75 Å². The van der Waals surface area contributed by atoms with Crippen molar-refractivity contribution in [2.75, 3.05) is 36.4 Å². The Kier molecular flexibility index (Phi) is 4.42. The number of anilines is 2. The van der Waals surface area contributed by atoms with Crippen LogP contribution in [0.2, 0.25) is 5.02 Å². The number of ether oxygens (including phenoxy) is 1. The smallest absolute Gasteiger partial charge is 0.275 e. The molecule has 0 spiro atoms. The van der Waals surface area contributed by atoms with Gasteiger partial charge in [0.05, 0.1) is 5.69 Å². The van der Waals surface area contributed by atoms with Crippen LogP contribution in [0.25, 0.3) is 0 Å². The number of carbonyl (C=O) groups excluding carboxylic acids is 2. The number of rotatable bonds is 2. The van der Waals surface area contributed by atoms with E-state index in [-0.39, 0.29) is 5.91 Å². The van der Waals surface area contributed by atoms with Gasteiger partial charge in [0.1, 0.15) is 5.75 Å². The lowest BCUT2D eigenvalue weighted by Gasteiger charge is -2.38. The summed E-state index contributed by atoms with van der Waals surface area (Å²) in [6, 6.07) is 14.8. The van der Waals surface area contributed by atoms with Crippen molar-refractivity contribution in [2.24, 2.45) is 0 Å². The van der Waals surface area contributed by atoms with Gasteiger partial charge in [-0.15, -0.1) is 0 Å². The highest BCUT2D eigenvalue weighted by atomic mass is 35.5. The number of hydrogen-bond donors (Lipinski definition) is 1. The minimum atomic E-state index is -1.14. The Hall–Kier alpha value is -2.73. The number of para-hydroxylation sites is 2. The molecule has 2 aromatic rings. The molecular formula is C19H18ClN3O3. The van der Waals surface area contributed by atoms with Crippen molar-refractivity contribution in [1.29, 1.82) is 0 Å². The first-order valence-electron chi connectivity index (χ1n) is 8.48. The number of halogens is 1. The Morgan fingerprint density at radius 1 is 1.08 bits per heavy atom. The molecule has 1 unspecified atom stereocenters. The first-order valence-corrected chi connectivity index (χ1v) is 8.85. The third-order valence-corrected chi connectivity index (χ3v) is 4.85. The largest absolute Gasteiger partial charge is 0.468 e. The molecule has 7 heteroatoms. The Morgan fingerprint density at radius 2 is 1.85 bits per heavy atom.